The molecule has 1 unspecified atom stereocenters. The van der Waals surface area contributed by atoms with Crippen molar-refractivity contribution in [2.75, 3.05) is 13.7 Å². The number of thiophene rings is 1. The molecule has 144 valence electrons. The minimum Gasteiger partial charge on any atom is -0.455 e. The summed E-state index contributed by atoms with van der Waals surface area (Å²) in [5.41, 5.74) is 4.93. The average Bonchev–Trinajstić information content (AvgIpc) is 3.28. The number of ether oxygens (including phenoxy) is 1. The quantitative estimate of drug-likeness (QED) is 0.743. The molecular weight excluding hydrogens is 366 g/mol. The van der Waals surface area contributed by atoms with Crippen LogP contribution in [0.25, 0.3) is 0 Å². The van der Waals surface area contributed by atoms with Gasteiger partial charge in [-0.25, -0.2) is 5.43 Å². The van der Waals surface area contributed by atoms with Crippen LogP contribution in [0.1, 0.15) is 56.9 Å². The Kier molecular flexibility index (Phi) is 6.08. The lowest BCUT2D eigenvalue weighted by molar-refractivity contribution is 0.0874. The third kappa shape index (κ3) is 4.28. The van der Waals surface area contributed by atoms with Crippen LogP contribution in [0.15, 0.2) is 27.0 Å². The van der Waals surface area contributed by atoms with Crippen LogP contribution in [0, 0.1) is 6.92 Å². The number of fused-ring (bicyclic) bond motifs is 1. The van der Waals surface area contributed by atoms with E-state index in [4.69, 9.17) is 9.15 Å². The number of carbonyl (C=O) groups excluding carboxylic acids is 2. The van der Waals surface area contributed by atoms with Crippen molar-refractivity contribution in [3.8, 4) is 0 Å². The van der Waals surface area contributed by atoms with Gasteiger partial charge in [0.15, 0.2) is 5.76 Å². The van der Waals surface area contributed by atoms with Gasteiger partial charge in [0.1, 0.15) is 5.76 Å². The zero-order valence-corrected chi connectivity index (χ0v) is 16.4. The maximum absolute atomic E-state index is 12.5. The van der Waals surface area contributed by atoms with Crippen molar-refractivity contribution >= 4 is 28.9 Å². The van der Waals surface area contributed by atoms with Gasteiger partial charge in [-0.2, -0.15) is 5.10 Å². The van der Waals surface area contributed by atoms with Crippen molar-refractivity contribution in [2.45, 2.75) is 39.2 Å². The summed E-state index contributed by atoms with van der Waals surface area (Å²) in [6.07, 6.45) is 2.32. The second kappa shape index (κ2) is 8.49. The molecule has 0 bridgehead atoms. The maximum Gasteiger partial charge on any atom is 0.287 e. The largest absolute Gasteiger partial charge is 0.455 e. The molecule has 1 aliphatic rings. The maximum atomic E-state index is 12.5. The van der Waals surface area contributed by atoms with Crippen LogP contribution in [0.3, 0.4) is 0 Å². The number of nitrogens with zero attached hydrogens (tertiary/aromatic N) is 1. The predicted molar refractivity (Wildman–Crippen MR) is 104 cm³/mol. The minimum absolute atomic E-state index is 0.123. The Hall–Kier alpha value is -2.45. The summed E-state index contributed by atoms with van der Waals surface area (Å²) in [5.74, 6) is 0.528. The molecule has 2 heterocycles. The molecule has 0 saturated carbocycles. The van der Waals surface area contributed by atoms with E-state index in [2.05, 4.69) is 15.8 Å². The zero-order valence-electron chi connectivity index (χ0n) is 15.6. The summed E-state index contributed by atoms with van der Waals surface area (Å²) in [5, 5.41) is 9.02. The summed E-state index contributed by atoms with van der Waals surface area (Å²) in [6.45, 7) is 4.14. The van der Waals surface area contributed by atoms with Gasteiger partial charge in [-0.3, -0.25) is 9.59 Å². The molecule has 2 amide bonds. The van der Waals surface area contributed by atoms with Gasteiger partial charge in [0, 0.05) is 30.7 Å². The molecule has 27 heavy (non-hydrogen) atoms. The molecule has 0 radical (unpaired) electrons. The molecule has 1 atom stereocenters. The molecule has 7 nitrogen and oxygen atoms in total. The summed E-state index contributed by atoms with van der Waals surface area (Å²) < 4.78 is 10.9. The first-order chi connectivity index (χ1) is 13.0. The monoisotopic (exact) mass is 389 g/mol. The van der Waals surface area contributed by atoms with Gasteiger partial charge in [-0.1, -0.05) is 6.07 Å². The third-order valence-electron chi connectivity index (χ3n) is 4.36. The fourth-order valence-corrected chi connectivity index (χ4v) is 3.77. The van der Waals surface area contributed by atoms with Crippen molar-refractivity contribution < 1.29 is 18.7 Å². The fraction of sp³-hybridized carbons (Fsp3) is 0.421. The van der Waals surface area contributed by atoms with Crippen LogP contribution in [0.4, 0.5) is 0 Å². The predicted octanol–water partition coefficient (Wildman–Crippen LogP) is 2.88. The lowest BCUT2D eigenvalue weighted by Gasteiger charge is -2.13. The molecule has 0 aliphatic heterocycles. The number of nitrogens with one attached hydrogen (secondary N) is 2. The van der Waals surface area contributed by atoms with E-state index in [0.29, 0.717) is 17.2 Å². The number of aryl methyl sites for hydroxylation is 1. The number of hydrogen-bond donors (Lipinski definition) is 2. The van der Waals surface area contributed by atoms with Gasteiger partial charge in [0.05, 0.1) is 17.2 Å². The Bertz CT molecular complexity index is 855. The van der Waals surface area contributed by atoms with Gasteiger partial charge in [0.2, 0.25) is 0 Å². The Morgan fingerprint density at radius 1 is 1.37 bits per heavy atom. The first-order valence-corrected chi connectivity index (χ1v) is 9.72. The Labute approximate surface area is 161 Å². The van der Waals surface area contributed by atoms with Crippen molar-refractivity contribution in [3.05, 3.63) is 45.0 Å². The zero-order chi connectivity index (χ0) is 19.4. The average molecular weight is 389 g/mol. The molecule has 0 aromatic carbocycles. The van der Waals surface area contributed by atoms with Crippen LogP contribution >= 0.6 is 11.3 Å². The molecule has 2 aromatic rings. The van der Waals surface area contributed by atoms with Crippen LogP contribution in [-0.4, -0.2) is 37.3 Å². The fourth-order valence-electron chi connectivity index (χ4n) is 3.16. The second-order valence-electron chi connectivity index (χ2n) is 6.51. The van der Waals surface area contributed by atoms with Crippen molar-refractivity contribution in [1.29, 1.82) is 0 Å². The molecule has 0 saturated heterocycles. The van der Waals surface area contributed by atoms with Crippen LogP contribution in [0.2, 0.25) is 0 Å². The van der Waals surface area contributed by atoms with Gasteiger partial charge < -0.3 is 14.5 Å². The number of carbonyl (C=O) groups is 2. The molecule has 2 N–H and O–H groups in total. The molecule has 3 rings (SSSR count). The number of hydrogen-bond acceptors (Lipinski definition) is 6. The molecule has 8 heteroatoms. The van der Waals surface area contributed by atoms with Crippen molar-refractivity contribution in [3.63, 3.8) is 0 Å². The van der Waals surface area contributed by atoms with Crippen LogP contribution in [0.5, 0.6) is 0 Å². The van der Waals surface area contributed by atoms with E-state index in [-0.39, 0.29) is 17.9 Å². The number of methoxy groups -OCH3 is 1. The molecule has 1 aliphatic carbocycles. The summed E-state index contributed by atoms with van der Waals surface area (Å²) >= 11 is 1.36. The number of amides is 2. The van der Waals surface area contributed by atoms with E-state index in [0.717, 1.165) is 41.9 Å². The normalized spacial score (nSPS) is 16.0. The standard InChI is InChI=1S/C19H23N3O4S/c1-11(10-25-3)20-19(24)17-12(2)16-13(6-4-7-14(16)26-17)21-22-18(23)15-8-5-9-27-15/h5,8-9,11H,4,6-7,10H2,1-3H3,(H,20,24)(H,22,23)/b21-13+. The number of hydrazone groups is 1. The van der Waals surface area contributed by atoms with E-state index in [9.17, 15) is 9.59 Å². The van der Waals surface area contributed by atoms with Gasteiger partial charge in [0.25, 0.3) is 11.8 Å². The van der Waals surface area contributed by atoms with E-state index in [1.807, 2.05) is 25.3 Å². The molecule has 2 aromatic heterocycles. The van der Waals surface area contributed by atoms with Gasteiger partial charge >= 0.3 is 0 Å². The Morgan fingerprint density at radius 3 is 2.89 bits per heavy atom. The van der Waals surface area contributed by atoms with Crippen LogP contribution in [-0.2, 0) is 11.2 Å². The third-order valence-corrected chi connectivity index (χ3v) is 5.23. The van der Waals surface area contributed by atoms with E-state index in [1.54, 1.807) is 13.2 Å². The van der Waals surface area contributed by atoms with Gasteiger partial charge in [-0.05, 0) is 38.1 Å². The molecule has 0 fully saturated rings. The number of rotatable bonds is 6. The van der Waals surface area contributed by atoms with Crippen LogP contribution < -0.4 is 10.7 Å². The van der Waals surface area contributed by atoms with Crippen molar-refractivity contribution in [1.82, 2.24) is 10.7 Å². The highest BCUT2D eigenvalue weighted by molar-refractivity contribution is 7.12. The highest BCUT2D eigenvalue weighted by Gasteiger charge is 2.28. The van der Waals surface area contributed by atoms with Crippen molar-refractivity contribution in [2.24, 2.45) is 5.10 Å². The first-order valence-electron chi connectivity index (χ1n) is 8.84. The topological polar surface area (TPSA) is 92.9 Å². The highest BCUT2D eigenvalue weighted by atomic mass is 32.1. The van der Waals surface area contributed by atoms with Gasteiger partial charge in [-0.15, -0.1) is 11.3 Å². The Balaban J connectivity index is 1.81. The summed E-state index contributed by atoms with van der Waals surface area (Å²) in [6, 6.07) is 3.45. The lowest BCUT2D eigenvalue weighted by Crippen LogP contribution is -2.35. The molecule has 0 spiro atoms. The van der Waals surface area contributed by atoms with E-state index >= 15 is 0 Å². The molecular formula is C19H23N3O4S. The summed E-state index contributed by atoms with van der Waals surface area (Å²) in [7, 11) is 1.59. The van der Waals surface area contributed by atoms with E-state index in [1.165, 1.54) is 11.3 Å². The Morgan fingerprint density at radius 2 is 2.19 bits per heavy atom. The summed E-state index contributed by atoms with van der Waals surface area (Å²) in [4.78, 5) is 25.3. The first kappa shape index (κ1) is 19.3. The SMILES string of the molecule is COCC(C)NC(=O)c1oc2c(c1C)/C(=N/NC(=O)c1cccs1)CCC2. The highest BCUT2D eigenvalue weighted by Crippen LogP contribution is 2.30. The lowest BCUT2D eigenvalue weighted by atomic mass is 9.93. The second-order valence-corrected chi connectivity index (χ2v) is 7.46. The smallest absolute Gasteiger partial charge is 0.287 e. The van der Waals surface area contributed by atoms with E-state index < -0.39 is 0 Å². The number of furan rings is 1. The minimum atomic E-state index is -0.270.